The van der Waals surface area contributed by atoms with Crippen molar-refractivity contribution in [2.24, 2.45) is 0 Å². The second-order valence-corrected chi connectivity index (χ2v) is 6.16. The highest BCUT2D eigenvalue weighted by atomic mass is 32.2. The molecule has 5 nitrogen and oxygen atoms in total. The van der Waals surface area contributed by atoms with Crippen LogP contribution in [-0.4, -0.2) is 20.2 Å². The molecule has 20 heavy (non-hydrogen) atoms. The first-order valence-electron chi connectivity index (χ1n) is 6.56. The first-order chi connectivity index (χ1) is 9.58. The fourth-order valence-corrected chi connectivity index (χ4v) is 3.31. The van der Waals surface area contributed by atoms with Crippen LogP contribution in [0.2, 0.25) is 0 Å². The monoisotopic (exact) mass is 289 g/mol. The zero-order valence-corrected chi connectivity index (χ0v) is 12.2. The average molecular weight is 289 g/mol. The molecule has 0 saturated heterocycles. The third-order valence-electron chi connectivity index (χ3n) is 3.48. The second kappa shape index (κ2) is 4.94. The summed E-state index contributed by atoms with van der Waals surface area (Å²) in [5.74, 6) is 1.42. The number of benzene rings is 1. The van der Waals surface area contributed by atoms with Crippen LogP contribution >= 0.6 is 11.8 Å². The molecule has 0 radical (unpaired) electrons. The van der Waals surface area contributed by atoms with Crippen molar-refractivity contribution in [3.63, 3.8) is 0 Å². The Morgan fingerprint density at radius 3 is 2.65 bits per heavy atom. The Morgan fingerprint density at radius 2 is 2.05 bits per heavy atom. The van der Waals surface area contributed by atoms with Gasteiger partial charge in [-0.05, 0) is 16.4 Å². The molecule has 0 atom stereocenters. The Balaban J connectivity index is 2.08. The molecule has 1 aromatic carbocycles. The van der Waals surface area contributed by atoms with Crippen molar-refractivity contribution in [3.8, 4) is 11.3 Å². The highest BCUT2D eigenvalue weighted by molar-refractivity contribution is 7.99. The van der Waals surface area contributed by atoms with E-state index in [0.29, 0.717) is 18.2 Å². The van der Waals surface area contributed by atoms with E-state index in [0.717, 1.165) is 16.5 Å². The van der Waals surface area contributed by atoms with Gasteiger partial charge in [0.05, 0.1) is 0 Å². The van der Waals surface area contributed by atoms with Gasteiger partial charge >= 0.3 is 5.82 Å². The number of thioether (sulfide) groups is 1. The number of imidazole rings is 1. The van der Waals surface area contributed by atoms with E-state index in [9.17, 15) is 10.1 Å². The van der Waals surface area contributed by atoms with E-state index in [1.165, 1.54) is 5.56 Å². The number of hydrogen-bond acceptors (Lipinski definition) is 4. The lowest BCUT2D eigenvalue weighted by Gasteiger charge is -2.06. The molecule has 0 spiro atoms. The molecule has 0 N–H and O–H groups in total. The third kappa shape index (κ3) is 2.10. The van der Waals surface area contributed by atoms with Crippen LogP contribution in [0.5, 0.6) is 0 Å². The predicted molar refractivity (Wildman–Crippen MR) is 79.1 cm³/mol. The van der Waals surface area contributed by atoms with Crippen molar-refractivity contribution in [2.75, 3.05) is 5.75 Å². The minimum absolute atomic E-state index is 0.113. The SMILES string of the molecule is CC(C)c1ccc(-c2nc3n(c2[N+](=O)[O-])CCS3)cc1. The lowest BCUT2D eigenvalue weighted by atomic mass is 10.0. The first-order valence-corrected chi connectivity index (χ1v) is 7.54. The van der Waals surface area contributed by atoms with Gasteiger partial charge in [0.15, 0.2) is 5.69 Å². The number of nitrogens with zero attached hydrogens (tertiary/aromatic N) is 3. The fraction of sp³-hybridized carbons (Fsp3) is 0.357. The Kier molecular flexibility index (Phi) is 3.25. The van der Waals surface area contributed by atoms with Gasteiger partial charge < -0.3 is 10.1 Å². The molecule has 0 unspecified atom stereocenters. The van der Waals surface area contributed by atoms with Crippen molar-refractivity contribution in [1.82, 2.24) is 9.55 Å². The van der Waals surface area contributed by atoms with Gasteiger partial charge in [0.1, 0.15) is 6.54 Å². The maximum Gasteiger partial charge on any atom is 0.351 e. The largest absolute Gasteiger partial charge is 0.358 e. The topological polar surface area (TPSA) is 61.0 Å². The summed E-state index contributed by atoms with van der Waals surface area (Å²) in [6, 6.07) is 7.87. The smallest absolute Gasteiger partial charge is 0.351 e. The zero-order chi connectivity index (χ0) is 14.3. The van der Waals surface area contributed by atoms with Gasteiger partial charge in [0.25, 0.3) is 5.16 Å². The highest BCUT2D eigenvalue weighted by Crippen LogP contribution is 2.37. The molecule has 104 valence electrons. The molecular weight excluding hydrogens is 274 g/mol. The fourth-order valence-electron chi connectivity index (χ4n) is 2.37. The molecule has 6 heteroatoms. The molecule has 0 fully saturated rings. The normalized spacial score (nSPS) is 13.8. The molecule has 0 saturated carbocycles. The van der Waals surface area contributed by atoms with Crippen LogP contribution in [0.3, 0.4) is 0 Å². The van der Waals surface area contributed by atoms with Crippen molar-refractivity contribution in [3.05, 3.63) is 39.9 Å². The molecule has 0 bridgehead atoms. The summed E-state index contributed by atoms with van der Waals surface area (Å²) in [6.45, 7) is 4.91. The standard InChI is InChI=1S/C14H15N3O2S/c1-9(2)10-3-5-11(6-4-10)12-13(17(18)19)16-7-8-20-14(16)15-12/h3-6,9H,7-8H2,1-2H3. The summed E-state index contributed by atoms with van der Waals surface area (Å²) in [6.07, 6.45) is 0. The minimum atomic E-state index is -0.325. The maximum absolute atomic E-state index is 11.3. The van der Waals surface area contributed by atoms with E-state index in [1.807, 2.05) is 24.3 Å². The molecule has 1 aliphatic rings. The third-order valence-corrected chi connectivity index (χ3v) is 4.43. The Hall–Kier alpha value is -1.82. The van der Waals surface area contributed by atoms with Crippen LogP contribution in [0.25, 0.3) is 11.3 Å². The zero-order valence-electron chi connectivity index (χ0n) is 11.4. The number of aromatic nitrogens is 2. The van der Waals surface area contributed by atoms with E-state index in [4.69, 9.17) is 0 Å². The van der Waals surface area contributed by atoms with E-state index in [-0.39, 0.29) is 10.7 Å². The van der Waals surface area contributed by atoms with Crippen LogP contribution in [0.15, 0.2) is 29.4 Å². The van der Waals surface area contributed by atoms with E-state index >= 15 is 0 Å². The van der Waals surface area contributed by atoms with Gasteiger partial charge in [-0.3, -0.25) is 0 Å². The molecule has 2 heterocycles. The van der Waals surface area contributed by atoms with Crippen LogP contribution < -0.4 is 0 Å². The molecular formula is C14H15N3O2S. The van der Waals surface area contributed by atoms with Gasteiger partial charge in [-0.1, -0.05) is 49.9 Å². The quantitative estimate of drug-likeness (QED) is 0.638. The van der Waals surface area contributed by atoms with Gasteiger partial charge in [-0.25, -0.2) is 0 Å². The summed E-state index contributed by atoms with van der Waals surface area (Å²) in [7, 11) is 0. The van der Waals surface area contributed by atoms with Crippen LogP contribution in [-0.2, 0) is 6.54 Å². The number of fused-ring (bicyclic) bond motifs is 1. The predicted octanol–water partition coefficient (Wildman–Crippen LogP) is 3.69. The number of rotatable bonds is 3. The van der Waals surface area contributed by atoms with Crippen LogP contribution in [0, 0.1) is 10.1 Å². The summed E-state index contributed by atoms with van der Waals surface area (Å²) in [5.41, 5.74) is 2.51. The molecule has 1 aliphatic heterocycles. The van der Waals surface area contributed by atoms with Gasteiger partial charge in [-0.2, -0.15) is 9.55 Å². The lowest BCUT2D eigenvalue weighted by molar-refractivity contribution is -0.391. The molecule has 2 aromatic rings. The van der Waals surface area contributed by atoms with E-state index in [2.05, 4.69) is 18.8 Å². The van der Waals surface area contributed by atoms with Gasteiger partial charge in [0.2, 0.25) is 0 Å². The molecule has 0 amide bonds. The number of nitro groups is 1. The van der Waals surface area contributed by atoms with Crippen molar-refractivity contribution in [2.45, 2.75) is 31.5 Å². The highest BCUT2D eigenvalue weighted by Gasteiger charge is 2.31. The molecule has 0 aliphatic carbocycles. The van der Waals surface area contributed by atoms with Crippen LogP contribution in [0.1, 0.15) is 25.3 Å². The van der Waals surface area contributed by atoms with Crippen molar-refractivity contribution in [1.29, 1.82) is 0 Å². The summed E-state index contributed by atoms with van der Waals surface area (Å²) in [4.78, 5) is 15.4. The van der Waals surface area contributed by atoms with Crippen molar-refractivity contribution >= 4 is 17.6 Å². The maximum atomic E-state index is 11.3. The summed E-state index contributed by atoms with van der Waals surface area (Å²) < 4.78 is 1.70. The Bertz CT molecular complexity index is 662. The average Bonchev–Trinajstić information content (AvgIpc) is 2.97. The molecule has 3 rings (SSSR count). The minimum Gasteiger partial charge on any atom is -0.358 e. The Labute approximate surface area is 121 Å². The second-order valence-electron chi connectivity index (χ2n) is 5.10. The van der Waals surface area contributed by atoms with Gasteiger partial charge in [0, 0.05) is 11.3 Å². The summed E-state index contributed by atoms with van der Waals surface area (Å²) in [5, 5.41) is 12.1. The lowest BCUT2D eigenvalue weighted by Crippen LogP contribution is -2.01. The van der Waals surface area contributed by atoms with Crippen LogP contribution in [0.4, 0.5) is 5.82 Å². The summed E-state index contributed by atoms with van der Waals surface area (Å²) >= 11 is 1.57. The Morgan fingerprint density at radius 1 is 1.35 bits per heavy atom. The number of hydrogen-bond donors (Lipinski definition) is 0. The van der Waals surface area contributed by atoms with Gasteiger partial charge in [-0.15, -0.1) is 0 Å². The van der Waals surface area contributed by atoms with Crippen molar-refractivity contribution < 1.29 is 4.92 Å². The first kappa shape index (κ1) is 13.2. The van der Waals surface area contributed by atoms with E-state index in [1.54, 1.807) is 16.3 Å². The van der Waals surface area contributed by atoms with E-state index < -0.39 is 0 Å². The molecule has 1 aromatic heterocycles.